The van der Waals surface area contributed by atoms with Gasteiger partial charge < -0.3 is 15.5 Å². The van der Waals surface area contributed by atoms with Crippen LogP contribution in [0.4, 0.5) is 26.2 Å². The van der Waals surface area contributed by atoms with Crippen LogP contribution in [-0.2, 0) is 9.63 Å². The lowest BCUT2D eigenvalue weighted by Crippen LogP contribution is -2.38. The molecule has 0 radical (unpaired) electrons. The van der Waals surface area contributed by atoms with Crippen LogP contribution in [0.2, 0.25) is 0 Å². The molecule has 1 fully saturated rings. The predicted molar refractivity (Wildman–Crippen MR) is 138 cm³/mol. The molecule has 3 amide bonds. The SMILES string of the molecule is Cc1ccc(NC(=O)Nc2cc(-c3ccccc3N3CCC[C@H](CON(C)C=O)C3)ccc2F)cn1. The fourth-order valence-electron chi connectivity index (χ4n) is 4.28. The van der Waals surface area contributed by atoms with Crippen LogP contribution in [0.1, 0.15) is 18.5 Å². The molecule has 1 aliphatic heterocycles. The lowest BCUT2D eigenvalue weighted by molar-refractivity contribution is -0.168. The molecule has 0 bridgehead atoms. The van der Waals surface area contributed by atoms with E-state index in [-0.39, 0.29) is 11.6 Å². The second-order valence-electron chi connectivity index (χ2n) is 8.88. The molecule has 1 aliphatic rings. The van der Waals surface area contributed by atoms with E-state index in [0.717, 1.165) is 48.4 Å². The molecule has 188 valence electrons. The number of amides is 3. The number of nitrogens with one attached hydrogen (secondary N) is 2. The number of hydroxylamine groups is 2. The van der Waals surface area contributed by atoms with Gasteiger partial charge in [0.15, 0.2) is 0 Å². The first-order valence-electron chi connectivity index (χ1n) is 11.9. The van der Waals surface area contributed by atoms with Crippen molar-refractivity contribution in [3.63, 3.8) is 0 Å². The van der Waals surface area contributed by atoms with Gasteiger partial charge in [-0.1, -0.05) is 24.3 Å². The number of hydrogen-bond acceptors (Lipinski definition) is 5. The van der Waals surface area contributed by atoms with Crippen LogP contribution in [0.3, 0.4) is 0 Å². The Labute approximate surface area is 210 Å². The Hall–Kier alpha value is -3.98. The standard InChI is InChI=1S/C27H30FN5O3/c1-19-9-11-22(15-29-19)30-27(35)31-25-14-21(10-12-24(25)28)23-7-3-4-8-26(23)33-13-5-6-20(16-33)17-36-32(2)18-34/h3-4,7-12,14-15,18,20H,5-6,13,16-17H2,1-2H3,(H2,30,31,35)/t20-/m0/s1. The fourth-order valence-corrected chi connectivity index (χ4v) is 4.28. The number of piperidine rings is 1. The van der Waals surface area contributed by atoms with E-state index >= 15 is 0 Å². The normalized spacial score (nSPS) is 15.3. The zero-order chi connectivity index (χ0) is 25.5. The average molecular weight is 492 g/mol. The lowest BCUT2D eigenvalue weighted by atomic mass is 9.96. The second-order valence-corrected chi connectivity index (χ2v) is 8.88. The zero-order valence-electron chi connectivity index (χ0n) is 20.4. The van der Waals surface area contributed by atoms with Crippen LogP contribution in [0, 0.1) is 18.7 Å². The van der Waals surface area contributed by atoms with Crippen LogP contribution in [-0.4, -0.2) is 49.2 Å². The van der Waals surface area contributed by atoms with Crippen molar-refractivity contribution in [3.8, 4) is 11.1 Å². The monoisotopic (exact) mass is 491 g/mol. The van der Waals surface area contributed by atoms with E-state index in [9.17, 15) is 14.0 Å². The van der Waals surface area contributed by atoms with Gasteiger partial charge in [-0.2, -0.15) is 0 Å². The minimum Gasteiger partial charge on any atom is -0.371 e. The molecule has 1 aromatic heterocycles. The number of rotatable bonds is 8. The van der Waals surface area contributed by atoms with Crippen LogP contribution < -0.4 is 15.5 Å². The van der Waals surface area contributed by atoms with E-state index in [4.69, 9.17) is 4.84 Å². The fraction of sp³-hybridized carbons (Fsp3) is 0.296. The third-order valence-corrected chi connectivity index (χ3v) is 6.12. The van der Waals surface area contributed by atoms with Gasteiger partial charge in [0.05, 0.1) is 24.2 Å². The van der Waals surface area contributed by atoms with E-state index in [1.165, 1.54) is 11.1 Å². The molecular weight excluding hydrogens is 461 g/mol. The molecular formula is C27H30FN5O3. The number of anilines is 3. The van der Waals surface area contributed by atoms with Gasteiger partial charge in [-0.25, -0.2) is 14.2 Å². The average Bonchev–Trinajstić information content (AvgIpc) is 2.90. The van der Waals surface area contributed by atoms with Gasteiger partial charge in [0, 0.05) is 43.0 Å². The first-order chi connectivity index (χ1) is 17.4. The summed E-state index contributed by atoms with van der Waals surface area (Å²) in [5.41, 5.74) is 4.19. The van der Waals surface area contributed by atoms with Crippen molar-refractivity contribution in [1.29, 1.82) is 0 Å². The maximum atomic E-state index is 14.6. The lowest BCUT2D eigenvalue weighted by Gasteiger charge is -2.35. The van der Waals surface area contributed by atoms with Gasteiger partial charge >= 0.3 is 6.03 Å². The number of nitrogens with zero attached hydrogens (tertiary/aromatic N) is 3. The van der Waals surface area contributed by atoms with Crippen molar-refractivity contribution >= 4 is 29.5 Å². The van der Waals surface area contributed by atoms with E-state index in [2.05, 4.69) is 20.5 Å². The number of hydrogen-bond donors (Lipinski definition) is 2. The first-order valence-corrected chi connectivity index (χ1v) is 11.9. The highest BCUT2D eigenvalue weighted by molar-refractivity contribution is 6.00. The maximum Gasteiger partial charge on any atom is 0.323 e. The van der Waals surface area contributed by atoms with Crippen LogP contribution in [0.25, 0.3) is 11.1 Å². The van der Waals surface area contributed by atoms with E-state index in [0.29, 0.717) is 18.7 Å². The highest BCUT2D eigenvalue weighted by atomic mass is 19.1. The minimum absolute atomic E-state index is 0.0849. The van der Waals surface area contributed by atoms with Gasteiger partial charge in [0.25, 0.3) is 0 Å². The number of carbonyl (C=O) groups is 2. The Kier molecular flexibility index (Phi) is 8.12. The Morgan fingerprint density at radius 3 is 2.83 bits per heavy atom. The van der Waals surface area contributed by atoms with Gasteiger partial charge in [-0.3, -0.25) is 14.6 Å². The molecule has 0 saturated carbocycles. The number of aryl methyl sites for hydroxylation is 1. The summed E-state index contributed by atoms with van der Waals surface area (Å²) in [6.07, 6.45) is 4.21. The van der Waals surface area contributed by atoms with Crippen molar-refractivity contribution in [1.82, 2.24) is 10.0 Å². The predicted octanol–water partition coefficient (Wildman–Crippen LogP) is 5.08. The van der Waals surface area contributed by atoms with Crippen molar-refractivity contribution in [3.05, 3.63) is 72.3 Å². The summed E-state index contributed by atoms with van der Waals surface area (Å²) in [6.45, 7) is 3.98. The van der Waals surface area contributed by atoms with E-state index in [1.807, 2.05) is 31.2 Å². The molecule has 4 rings (SSSR count). The first kappa shape index (κ1) is 25.1. The number of para-hydroxylation sites is 1. The molecule has 0 unspecified atom stereocenters. The second kappa shape index (κ2) is 11.6. The van der Waals surface area contributed by atoms with Gasteiger partial charge in [-0.15, -0.1) is 0 Å². The van der Waals surface area contributed by atoms with Crippen molar-refractivity contribution in [2.45, 2.75) is 19.8 Å². The molecule has 9 heteroatoms. The van der Waals surface area contributed by atoms with Crippen LogP contribution in [0.15, 0.2) is 60.8 Å². The van der Waals surface area contributed by atoms with Crippen molar-refractivity contribution in [2.24, 2.45) is 5.92 Å². The molecule has 1 atom stereocenters. The van der Waals surface area contributed by atoms with Crippen molar-refractivity contribution in [2.75, 3.05) is 42.3 Å². The molecule has 3 aromatic rings. The molecule has 2 aromatic carbocycles. The summed E-state index contributed by atoms with van der Waals surface area (Å²) in [7, 11) is 1.58. The summed E-state index contributed by atoms with van der Waals surface area (Å²) in [6, 6.07) is 15.6. The highest BCUT2D eigenvalue weighted by Crippen LogP contribution is 2.35. The maximum absolute atomic E-state index is 14.6. The smallest absolute Gasteiger partial charge is 0.323 e. The molecule has 1 saturated heterocycles. The summed E-state index contributed by atoms with van der Waals surface area (Å²) in [4.78, 5) is 35.2. The number of carbonyl (C=O) groups excluding carboxylic acids is 2. The molecule has 2 heterocycles. The summed E-state index contributed by atoms with van der Waals surface area (Å²) in [5, 5.41) is 6.46. The summed E-state index contributed by atoms with van der Waals surface area (Å²) in [5.74, 6) is -0.248. The largest absolute Gasteiger partial charge is 0.371 e. The van der Waals surface area contributed by atoms with Gasteiger partial charge in [-0.05, 0) is 55.7 Å². The Balaban J connectivity index is 1.51. The van der Waals surface area contributed by atoms with Crippen molar-refractivity contribution < 1.29 is 18.8 Å². The Bertz CT molecular complexity index is 1200. The molecule has 0 spiro atoms. The molecule has 2 N–H and O–H groups in total. The number of pyridine rings is 1. The zero-order valence-corrected chi connectivity index (χ0v) is 20.4. The molecule has 36 heavy (non-hydrogen) atoms. The molecule has 8 nitrogen and oxygen atoms in total. The number of benzene rings is 2. The summed E-state index contributed by atoms with van der Waals surface area (Å²) >= 11 is 0. The van der Waals surface area contributed by atoms with E-state index in [1.54, 1.807) is 37.5 Å². The van der Waals surface area contributed by atoms with Gasteiger partial charge in [0.2, 0.25) is 6.41 Å². The number of aromatic nitrogens is 1. The third kappa shape index (κ3) is 6.37. The van der Waals surface area contributed by atoms with Crippen LogP contribution in [0.5, 0.6) is 0 Å². The van der Waals surface area contributed by atoms with Gasteiger partial charge in [0.1, 0.15) is 5.82 Å². The topological polar surface area (TPSA) is 86.8 Å². The summed E-state index contributed by atoms with van der Waals surface area (Å²) < 4.78 is 14.6. The highest BCUT2D eigenvalue weighted by Gasteiger charge is 2.23. The van der Waals surface area contributed by atoms with E-state index < -0.39 is 11.8 Å². The Morgan fingerprint density at radius 1 is 1.22 bits per heavy atom. The Morgan fingerprint density at radius 2 is 2.06 bits per heavy atom. The number of urea groups is 1. The quantitative estimate of drug-likeness (QED) is 0.339. The molecule has 0 aliphatic carbocycles. The number of halogens is 1. The third-order valence-electron chi connectivity index (χ3n) is 6.12. The minimum atomic E-state index is -0.552. The van der Waals surface area contributed by atoms with Crippen LogP contribution >= 0.6 is 0 Å².